The molecule has 1 N–H and O–H groups in total. The predicted octanol–water partition coefficient (Wildman–Crippen LogP) is 5.82. The van der Waals surface area contributed by atoms with Gasteiger partial charge in [0.25, 0.3) is 5.91 Å². The molecule has 1 atom stereocenters. The molecule has 0 fully saturated rings. The highest BCUT2D eigenvalue weighted by Crippen LogP contribution is 2.20. The summed E-state index contributed by atoms with van der Waals surface area (Å²) in [6.45, 7) is 3.72. The van der Waals surface area contributed by atoms with Crippen LogP contribution in [0.4, 0.5) is 17.1 Å². The summed E-state index contributed by atoms with van der Waals surface area (Å²) in [6, 6.07) is 24.3. The lowest BCUT2D eigenvalue weighted by atomic mass is 10.2. The lowest BCUT2D eigenvalue weighted by molar-refractivity contribution is -0.122. The Bertz CT molecular complexity index is 905. The van der Waals surface area contributed by atoms with E-state index in [-0.39, 0.29) is 5.91 Å². The van der Waals surface area contributed by atoms with Gasteiger partial charge in [0.2, 0.25) is 0 Å². The van der Waals surface area contributed by atoms with Crippen LogP contribution >= 0.6 is 0 Å². The monoisotopic (exact) mass is 359 g/mol. The number of nitrogens with zero attached hydrogens (tertiary/aromatic N) is 2. The number of benzene rings is 3. The summed E-state index contributed by atoms with van der Waals surface area (Å²) < 4.78 is 5.67. The second kappa shape index (κ2) is 8.76. The molecule has 0 heterocycles. The first-order chi connectivity index (χ1) is 13.1. The topological polar surface area (TPSA) is 63.0 Å². The average molecular weight is 359 g/mol. The van der Waals surface area contributed by atoms with Crippen LogP contribution in [0.25, 0.3) is 0 Å². The van der Waals surface area contributed by atoms with E-state index in [4.69, 9.17) is 4.74 Å². The molecule has 136 valence electrons. The van der Waals surface area contributed by atoms with Crippen LogP contribution < -0.4 is 10.1 Å². The first kappa shape index (κ1) is 18.3. The minimum atomic E-state index is -0.606. The number of hydrogen-bond donors (Lipinski definition) is 1. The summed E-state index contributed by atoms with van der Waals surface area (Å²) >= 11 is 0. The van der Waals surface area contributed by atoms with Gasteiger partial charge in [0.05, 0.1) is 11.4 Å². The van der Waals surface area contributed by atoms with Crippen LogP contribution in [0.1, 0.15) is 12.5 Å². The third-order valence-corrected chi connectivity index (χ3v) is 3.88. The van der Waals surface area contributed by atoms with E-state index < -0.39 is 6.10 Å². The first-order valence-corrected chi connectivity index (χ1v) is 8.71. The summed E-state index contributed by atoms with van der Waals surface area (Å²) in [7, 11) is 0. The Morgan fingerprint density at radius 2 is 1.44 bits per heavy atom. The van der Waals surface area contributed by atoms with E-state index in [1.165, 1.54) is 0 Å². The molecule has 0 aromatic heterocycles. The Hall–Kier alpha value is -3.47. The average Bonchev–Trinajstić information content (AvgIpc) is 2.70. The Morgan fingerprint density at radius 1 is 0.852 bits per heavy atom. The van der Waals surface area contributed by atoms with Crippen LogP contribution in [0.2, 0.25) is 0 Å². The van der Waals surface area contributed by atoms with Gasteiger partial charge in [0.15, 0.2) is 6.10 Å². The molecule has 3 aromatic rings. The summed E-state index contributed by atoms with van der Waals surface area (Å²) in [5, 5.41) is 11.2. The first-order valence-electron chi connectivity index (χ1n) is 8.71. The lowest BCUT2D eigenvalue weighted by Gasteiger charge is -2.15. The lowest BCUT2D eigenvalue weighted by Crippen LogP contribution is -2.30. The molecule has 0 aliphatic heterocycles. The number of rotatable bonds is 6. The van der Waals surface area contributed by atoms with E-state index in [9.17, 15) is 4.79 Å². The van der Waals surface area contributed by atoms with Gasteiger partial charge in [-0.1, -0.05) is 35.9 Å². The molecular formula is C22H21N3O2. The van der Waals surface area contributed by atoms with Crippen molar-refractivity contribution < 1.29 is 9.53 Å². The van der Waals surface area contributed by atoms with Crippen molar-refractivity contribution in [3.8, 4) is 5.75 Å². The maximum absolute atomic E-state index is 12.3. The number of hydrogen-bond acceptors (Lipinski definition) is 4. The fraction of sp³-hybridized carbons (Fsp3) is 0.136. The summed E-state index contributed by atoms with van der Waals surface area (Å²) in [6.07, 6.45) is -0.606. The van der Waals surface area contributed by atoms with E-state index in [1.54, 1.807) is 31.2 Å². The number of carbonyl (C=O) groups is 1. The van der Waals surface area contributed by atoms with E-state index >= 15 is 0 Å². The summed E-state index contributed by atoms with van der Waals surface area (Å²) in [4.78, 5) is 12.3. The minimum Gasteiger partial charge on any atom is -0.481 e. The number of anilines is 1. The molecule has 3 aromatic carbocycles. The smallest absolute Gasteiger partial charge is 0.265 e. The van der Waals surface area contributed by atoms with Crippen LogP contribution in [0.3, 0.4) is 0 Å². The van der Waals surface area contributed by atoms with E-state index in [0.29, 0.717) is 17.1 Å². The Balaban J connectivity index is 1.56. The number of nitrogens with one attached hydrogen (secondary N) is 1. The third-order valence-electron chi connectivity index (χ3n) is 3.88. The normalized spacial score (nSPS) is 11.9. The van der Waals surface area contributed by atoms with Gasteiger partial charge in [-0.3, -0.25) is 4.79 Å². The number of aryl methyl sites for hydroxylation is 1. The van der Waals surface area contributed by atoms with Crippen LogP contribution in [0.15, 0.2) is 89.1 Å². The molecule has 1 unspecified atom stereocenters. The molecular weight excluding hydrogens is 338 g/mol. The van der Waals surface area contributed by atoms with Crippen LogP contribution in [0, 0.1) is 6.92 Å². The number of carbonyl (C=O) groups excluding carboxylic acids is 1. The zero-order valence-corrected chi connectivity index (χ0v) is 15.3. The molecule has 1 amide bonds. The highest BCUT2D eigenvalue weighted by atomic mass is 16.5. The molecule has 5 heteroatoms. The van der Waals surface area contributed by atoms with Crippen LogP contribution in [-0.4, -0.2) is 12.0 Å². The Kier molecular flexibility index (Phi) is 5.94. The number of azo groups is 1. The highest BCUT2D eigenvalue weighted by molar-refractivity contribution is 5.94. The molecule has 3 rings (SSSR count). The molecule has 0 spiro atoms. The Morgan fingerprint density at radius 3 is 2.07 bits per heavy atom. The molecule has 0 aliphatic carbocycles. The molecule has 0 radical (unpaired) electrons. The van der Waals surface area contributed by atoms with Crippen molar-refractivity contribution in [3.63, 3.8) is 0 Å². The van der Waals surface area contributed by atoms with Gasteiger partial charge in [-0.05, 0) is 62.4 Å². The van der Waals surface area contributed by atoms with Crippen molar-refractivity contribution in [2.24, 2.45) is 10.2 Å². The molecule has 0 saturated heterocycles. The maximum atomic E-state index is 12.3. The highest BCUT2D eigenvalue weighted by Gasteiger charge is 2.14. The van der Waals surface area contributed by atoms with E-state index in [0.717, 1.165) is 11.3 Å². The minimum absolute atomic E-state index is 0.214. The fourth-order valence-electron chi connectivity index (χ4n) is 2.34. The van der Waals surface area contributed by atoms with Crippen molar-refractivity contribution in [3.05, 3.63) is 84.4 Å². The largest absolute Gasteiger partial charge is 0.481 e. The molecule has 0 bridgehead atoms. The van der Waals surface area contributed by atoms with E-state index in [2.05, 4.69) is 15.5 Å². The van der Waals surface area contributed by atoms with Crippen molar-refractivity contribution in [2.45, 2.75) is 20.0 Å². The molecule has 0 saturated carbocycles. The zero-order chi connectivity index (χ0) is 19.1. The zero-order valence-electron chi connectivity index (χ0n) is 15.3. The molecule has 27 heavy (non-hydrogen) atoms. The van der Waals surface area contributed by atoms with Crippen molar-refractivity contribution in [1.29, 1.82) is 0 Å². The predicted molar refractivity (Wildman–Crippen MR) is 107 cm³/mol. The number of ether oxygens (including phenoxy) is 1. The van der Waals surface area contributed by atoms with Gasteiger partial charge in [0.1, 0.15) is 5.75 Å². The standard InChI is InChI=1S/C22H21N3O2/c1-16-8-14-21(15-9-16)27-17(2)22(26)23-18-10-12-20(13-11-18)25-24-19-6-4-3-5-7-19/h3-15,17H,1-2H3,(H,23,26). The van der Waals surface area contributed by atoms with Gasteiger partial charge in [0, 0.05) is 5.69 Å². The number of amides is 1. The second-order valence-corrected chi connectivity index (χ2v) is 6.14. The quantitative estimate of drug-likeness (QED) is 0.564. The van der Waals surface area contributed by atoms with Gasteiger partial charge >= 0.3 is 0 Å². The molecule has 5 nitrogen and oxygen atoms in total. The van der Waals surface area contributed by atoms with Gasteiger partial charge < -0.3 is 10.1 Å². The third kappa shape index (κ3) is 5.51. The van der Waals surface area contributed by atoms with Crippen molar-refractivity contribution in [2.75, 3.05) is 5.32 Å². The SMILES string of the molecule is Cc1ccc(OC(C)C(=O)Nc2ccc(N=Nc3ccccc3)cc2)cc1. The van der Waals surface area contributed by atoms with Crippen LogP contribution in [-0.2, 0) is 4.79 Å². The van der Waals surface area contributed by atoms with Crippen molar-refractivity contribution in [1.82, 2.24) is 0 Å². The second-order valence-electron chi connectivity index (χ2n) is 6.14. The van der Waals surface area contributed by atoms with Gasteiger partial charge in [-0.15, -0.1) is 0 Å². The van der Waals surface area contributed by atoms with Gasteiger partial charge in [-0.25, -0.2) is 0 Å². The van der Waals surface area contributed by atoms with E-state index in [1.807, 2.05) is 61.5 Å². The summed E-state index contributed by atoms with van der Waals surface area (Å²) in [5.74, 6) is 0.453. The van der Waals surface area contributed by atoms with Gasteiger partial charge in [-0.2, -0.15) is 10.2 Å². The van der Waals surface area contributed by atoms with Crippen molar-refractivity contribution >= 4 is 23.0 Å². The maximum Gasteiger partial charge on any atom is 0.265 e. The summed E-state index contributed by atoms with van der Waals surface area (Å²) in [5.41, 5.74) is 3.32. The fourth-order valence-corrected chi connectivity index (χ4v) is 2.34. The Labute approximate surface area is 158 Å². The van der Waals surface area contributed by atoms with Crippen LogP contribution in [0.5, 0.6) is 5.75 Å². The molecule has 0 aliphatic rings.